The van der Waals surface area contributed by atoms with Gasteiger partial charge in [-0.25, -0.2) is 4.79 Å². The van der Waals surface area contributed by atoms with Crippen molar-refractivity contribution in [2.24, 2.45) is 0 Å². The average Bonchev–Trinajstić information content (AvgIpc) is 2.52. The molecular weight excluding hydrogens is 254 g/mol. The Kier molecular flexibility index (Phi) is 3.05. The summed E-state index contributed by atoms with van der Waals surface area (Å²) in [6, 6.07) is 0.874. The van der Waals surface area contributed by atoms with Gasteiger partial charge in [0.05, 0.1) is 6.61 Å². The summed E-state index contributed by atoms with van der Waals surface area (Å²) in [5.41, 5.74) is -1.82. The molecule has 3 atom stereocenters. The van der Waals surface area contributed by atoms with E-state index in [1.54, 1.807) is 4.98 Å². The van der Waals surface area contributed by atoms with Gasteiger partial charge >= 0.3 is 11.6 Å². The third-order valence-electron chi connectivity index (χ3n) is 2.66. The van der Waals surface area contributed by atoms with Crippen molar-refractivity contribution in [2.75, 3.05) is 6.61 Å². The van der Waals surface area contributed by atoms with Crippen LogP contribution in [0, 0.1) is 0 Å². The van der Waals surface area contributed by atoms with Crippen LogP contribution in [0.25, 0.3) is 0 Å². The molecule has 9 heteroatoms. The van der Waals surface area contributed by atoms with Crippen LogP contribution in [0.3, 0.4) is 0 Å². The molecule has 0 aliphatic carbocycles. The Labute approximate surface area is 98.3 Å². The predicted octanol–water partition coefficient (Wildman–Crippen LogP) is -1.58. The van der Waals surface area contributed by atoms with Crippen molar-refractivity contribution in [1.82, 2.24) is 9.55 Å². The average molecular weight is 264 g/mol. The van der Waals surface area contributed by atoms with Gasteiger partial charge in [-0.3, -0.25) is 14.3 Å². The van der Waals surface area contributed by atoms with Crippen molar-refractivity contribution in [2.45, 2.75) is 24.4 Å². The Bertz CT molecular complexity index is 554. The smallest absolute Gasteiger partial charge is 0.330 e. The summed E-state index contributed by atoms with van der Waals surface area (Å²) in [4.78, 5) is 24.0. The first kappa shape index (κ1) is 12.9. The van der Waals surface area contributed by atoms with Crippen LogP contribution >= 0.6 is 0 Å². The maximum atomic E-state index is 13.7. The maximum absolute atomic E-state index is 13.7. The van der Waals surface area contributed by atoms with Crippen molar-refractivity contribution in [3.05, 3.63) is 33.1 Å². The van der Waals surface area contributed by atoms with Gasteiger partial charge in [-0.15, -0.1) is 0 Å². The first-order valence-corrected chi connectivity index (χ1v) is 5.01. The second-order valence-electron chi connectivity index (χ2n) is 3.85. The zero-order valence-corrected chi connectivity index (χ0v) is 8.92. The highest BCUT2D eigenvalue weighted by Crippen LogP contribution is 2.41. The number of aliphatic hydroxyl groups excluding tert-OH is 2. The molecule has 1 aromatic rings. The van der Waals surface area contributed by atoms with Crippen LogP contribution in [-0.4, -0.2) is 44.5 Å². The molecule has 3 N–H and O–H groups in total. The van der Waals surface area contributed by atoms with E-state index >= 15 is 0 Å². The van der Waals surface area contributed by atoms with Crippen LogP contribution in [0.1, 0.15) is 6.23 Å². The molecule has 1 fully saturated rings. The molecule has 0 unspecified atom stereocenters. The SMILES string of the molecule is O=c1ccn([C@H]2O[C@@H](CO)[C@@H](O)C2(F)F)c(=O)[nH]1. The van der Waals surface area contributed by atoms with Crippen LogP contribution in [0.4, 0.5) is 8.78 Å². The van der Waals surface area contributed by atoms with E-state index < -0.39 is 42.2 Å². The summed E-state index contributed by atoms with van der Waals surface area (Å²) < 4.78 is 32.5. The summed E-state index contributed by atoms with van der Waals surface area (Å²) in [6.07, 6.45) is -4.96. The van der Waals surface area contributed by atoms with Crippen molar-refractivity contribution < 1.29 is 23.7 Å². The Morgan fingerprint density at radius 1 is 1.50 bits per heavy atom. The van der Waals surface area contributed by atoms with Gasteiger partial charge in [-0.2, -0.15) is 8.78 Å². The van der Waals surface area contributed by atoms with E-state index in [0.29, 0.717) is 4.57 Å². The first-order valence-electron chi connectivity index (χ1n) is 5.01. The van der Waals surface area contributed by atoms with E-state index in [9.17, 15) is 23.5 Å². The molecule has 1 saturated heterocycles. The minimum atomic E-state index is -3.75. The molecule has 2 rings (SSSR count). The van der Waals surface area contributed by atoms with E-state index in [4.69, 9.17) is 9.84 Å². The lowest BCUT2D eigenvalue weighted by Crippen LogP contribution is -2.42. The molecule has 18 heavy (non-hydrogen) atoms. The Morgan fingerprint density at radius 2 is 2.17 bits per heavy atom. The lowest BCUT2D eigenvalue weighted by Gasteiger charge is -2.20. The summed E-state index contributed by atoms with van der Waals surface area (Å²) in [7, 11) is 0. The van der Waals surface area contributed by atoms with Crippen molar-refractivity contribution in [1.29, 1.82) is 0 Å². The molecule has 0 amide bonds. The fraction of sp³-hybridized carbons (Fsp3) is 0.556. The van der Waals surface area contributed by atoms with Gasteiger partial charge in [-0.05, 0) is 0 Å². The highest BCUT2D eigenvalue weighted by atomic mass is 19.3. The summed E-state index contributed by atoms with van der Waals surface area (Å²) in [5, 5.41) is 18.1. The fourth-order valence-electron chi connectivity index (χ4n) is 1.73. The van der Waals surface area contributed by atoms with Gasteiger partial charge in [0, 0.05) is 12.3 Å². The minimum absolute atomic E-state index is 0.459. The third kappa shape index (κ3) is 1.85. The number of aromatic amines is 1. The zero-order chi connectivity index (χ0) is 13.5. The molecule has 0 radical (unpaired) electrons. The normalized spacial score (nSPS) is 30.6. The van der Waals surface area contributed by atoms with Crippen LogP contribution in [0.2, 0.25) is 0 Å². The van der Waals surface area contributed by atoms with Gasteiger partial charge in [0.25, 0.3) is 5.56 Å². The second kappa shape index (κ2) is 4.26. The van der Waals surface area contributed by atoms with Gasteiger partial charge in [-0.1, -0.05) is 0 Å². The number of aliphatic hydroxyl groups is 2. The van der Waals surface area contributed by atoms with Crippen LogP contribution < -0.4 is 11.2 Å². The fourth-order valence-corrected chi connectivity index (χ4v) is 1.73. The number of nitrogens with one attached hydrogen (secondary N) is 1. The van der Waals surface area contributed by atoms with Gasteiger partial charge < -0.3 is 14.9 Å². The van der Waals surface area contributed by atoms with Crippen LogP contribution in [0.15, 0.2) is 21.9 Å². The Morgan fingerprint density at radius 3 is 2.67 bits per heavy atom. The molecule has 1 aliphatic rings. The quantitative estimate of drug-likeness (QED) is 0.598. The number of hydrogen-bond acceptors (Lipinski definition) is 5. The summed E-state index contributed by atoms with van der Waals surface area (Å²) in [5.74, 6) is -3.75. The lowest BCUT2D eigenvalue weighted by atomic mass is 10.1. The first-order chi connectivity index (χ1) is 8.37. The Hall–Kier alpha value is -1.58. The number of nitrogens with zero attached hydrogens (tertiary/aromatic N) is 1. The molecule has 1 aromatic heterocycles. The number of rotatable bonds is 2. The molecular formula is C9H10F2N2O5. The van der Waals surface area contributed by atoms with E-state index in [2.05, 4.69) is 0 Å². The van der Waals surface area contributed by atoms with E-state index in [1.807, 2.05) is 0 Å². The number of halogens is 2. The molecule has 2 heterocycles. The molecule has 0 saturated carbocycles. The zero-order valence-electron chi connectivity index (χ0n) is 8.92. The maximum Gasteiger partial charge on any atom is 0.330 e. The highest BCUT2D eigenvalue weighted by Gasteiger charge is 2.59. The highest BCUT2D eigenvalue weighted by molar-refractivity contribution is 4.97. The van der Waals surface area contributed by atoms with E-state index in [-0.39, 0.29) is 0 Å². The molecule has 1 aliphatic heterocycles. The molecule has 7 nitrogen and oxygen atoms in total. The number of H-pyrrole nitrogens is 1. The largest absolute Gasteiger partial charge is 0.394 e. The van der Waals surface area contributed by atoms with Gasteiger partial charge in [0.1, 0.15) is 6.10 Å². The molecule has 0 spiro atoms. The van der Waals surface area contributed by atoms with Crippen molar-refractivity contribution >= 4 is 0 Å². The van der Waals surface area contributed by atoms with E-state index in [0.717, 1.165) is 12.3 Å². The van der Waals surface area contributed by atoms with Crippen LogP contribution in [-0.2, 0) is 4.74 Å². The number of hydrogen-bond donors (Lipinski definition) is 3. The molecule has 100 valence electrons. The van der Waals surface area contributed by atoms with Gasteiger partial charge in [0.15, 0.2) is 6.10 Å². The minimum Gasteiger partial charge on any atom is -0.394 e. The topological polar surface area (TPSA) is 105 Å². The number of ether oxygens (including phenoxy) is 1. The summed E-state index contributed by atoms with van der Waals surface area (Å²) in [6.45, 7) is -0.814. The van der Waals surface area contributed by atoms with Gasteiger partial charge in [0.2, 0.25) is 6.23 Å². The molecule has 0 aromatic carbocycles. The lowest BCUT2D eigenvalue weighted by molar-refractivity contribution is -0.141. The number of aromatic nitrogens is 2. The van der Waals surface area contributed by atoms with Crippen molar-refractivity contribution in [3.8, 4) is 0 Å². The number of alkyl halides is 2. The monoisotopic (exact) mass is 264 g/mol. The molecule has 0 bridgehead atoms. The predicted molar refractivity (Wildman–Crippen MR) is 53.3 cm³/mol. The van der Waals surface area contributed by atoms with Crippen LogP contribution in [0.5, 0.6) is 0 Å². The van der Waals surface area contributed by atoms with Crippen molar-refractivity contribution in [3.63, 3.8) is 0 Å². The van der Waals surface area contributed by atoms with E-state index in [1.165, 1.54) is 0 Å². The Balaban J connectivity index is 2.45. The second-order valence-corrected chi connectivity index (χ2v) is 3.85. The third-order valence-corrected chi connectivity index (χ3v) is 2.66. The standard InChI is InChI=1S/C9H10F2N2O5/c10-9(11)6(16)4(3-14)18-7(9)13-2-1-5(15)12-8(13)17/h1-2,4,6-7,14,16H,3H2,(H,12,15,17)/t4-,6+,7-/m0/s1. The summed E-state index contributed by atoms with van der Waals surface area (Å²) >= 11 is 0.